The molecule has 0 unspecified atom stereocenters. The number of aryl methyl sites for hydroxylation is 3. The zero-order chi connectivity index (χ0) is 16.7. The van der Waals surface area contributed by atoms with Crippen LogP contribution in [0.25, 0.3) is 0 Å². The van der Waals surface area contributed by atoms with Crippen molar-refractivity contribution < 1.29 is 4.79 Å². The van der Waals surface area contributed by atoms with Crippen molar-refractivity contribution >= 4 is 17.3 Å². The van der Waals surface area contributed by atoms with Crippen LogP contribution in [0.3, 0.4) is 0 Å². The first-order chi connectivity index (χ1) is 11.1. The molecule has 23 heavy (non-hydrogen) atoms. The highest BCUT2D eigenvalue weighted by Crippen LogP contribution is 2.16. The Bertz CT molecular complexity index is 647. The van der Waals surface area contributed by atoms with E-state index in [1.165, 1.54) is 24.0 Å². The number of hydrogen-bond donors (Lipinski definition) is 2. The number of unbranched alkanes of at least 4 members (excludes halogenated alkanes) is 1. The molecular formula is C20H26N2O. The van der Waals surface area contributed by atoms with E-state index in [9.17, 15) is 4.79 Å². The molecule has 3 heteroatoms. The Kier molecular flexibility index (Phi) is 6.21. The van der Waals surface area contributed by atoms with E-state index in [1.54, 1.807) is 0 Å². The zero-order valence-corrected chi connectivity index (χ0v) is 14.3. The Hall–Kier alpha value is -2.29. The molecule has 2 aromatic carbocycles. The van der Waals surface area contributed by atoms with Crippen molar-refractivity contribution in [2.24, 2.45) is 0 Å². The molecule has 0 heterocycles. The van der Waals surface area contributed by atoms with E-state index in [-0.39, 0.29) is 12.5 Å². The van der Waals surface area contributed by atoms with Crippen LogP contribution in [-0.2, 0) is 11.2 Å². The minimum atomic E-state index is -0.0352. The van der Waals surface area contributed by atoms with E-state index in [0.717, 1.165) is 23.4 Å². The highest BCUT2D eigenvalue weighted by atomic mass is 16.1. The van der Waals surface area contributed by atoms with Crippen LogP contribution in [0.4, 0.5) is 11.4 Å². The summed E-state index contributed by atoms with van der Waals surface area (Å²) in [6.07, 6.45) is 3.54. The van der Waals surface area contributed by atoms with Crippen LogP contribution >= 0.6 is 0 Å². The smallest absolute Gasteiger partial charge is 0.243 e. The lowest BCUT2D eigenvalue weighted by molar-refractivity contribution is -0.114. The molecule has 122 valence electrons. The summed E-state index contributed by atoms with van der Waals surface area (Å²) in [5.41, 5.74) is 5.47. The number of hydrogen-bond acceptors (Lipinski definition) is 2. The lowest BCUT2D eigenvalue weighted by Gasteiger charge is -2.11. The summed E-state index contributed by atoms with van der Waals surface area (Å²) in [6, 6.07) is 14.3. The summed E-state index contributed by atoms with van der Waals surface area (Å²) in [4.78, 5) is 12.1. The number of carbonyl (C=O) groups excluding carboxylic acids is 1. The van der Waals surface area contributed by atoms with Crippen molar-refractivity contribution in [1.82, 2.24) is 0 Å². The average molecular weight is 310 g/mol. The van der Waals surface area contributed by atoms with E-state index in [2.05, 4.69) is 35.8 Å². The third-order valence-electron chi connectivity index (χ3n) is 3.88. The predicted octanol–water partition coefficient (Wildman–Crippen LogP) is 4.70. The van der Waals surface area contributed by atoms with Gasteiger partial charge in [0.15, 0.2) is 0 Å². The molecule has 0 fully saturated rings. The van der Waals surface area contributed by atoms with Gasteiger partial charge < -0.3 is 10.6 Å². The van der Waals surface area contributed by atoms with Gasteiger partial charge in [-0.3, -0.25) is 4.79 Å². The maximum Gasteiger partial charge on any atom is 0.243 e. The van der Waals surface area contributed by atoms with Crippen LogP contribution < -0.4 is 10.6 Å². The molecule has 0 atom stereocenters. The molecule has 2 N–H and O–H groups in total. The van der Waals surface area contributed by atoms with Gasteiger partial charge in [-0.15, -0.1) is 0 Å². The molecule has 2 rings (SSSR count). The van der Waals surface area contributed by atoms with Gasteiger partial charge in [0.2, 0.25) is 5.91 Å². The molecule has 0 aliphatic heterocycles. The van der Waals surface area contributed by atoms with Gasteiger partial charge in [0.25, 0.3) is 0 Å². The van der Waals surface area contributed by atoms with Crippen LogP contribution in [0.1, 0.15) is 36.5 Å². The van der Waals surface area contributed by atoms with E-state index in [4.69, 9.17) is 0 Å². The van der Waals surface area contributed by atoms with Crippen LogP contribution in [0, 0.1) is 13.8 Å². The van der Waals surface area contributed by atoms with E-state index >= 15 is 0 Å². The second kappa shape index (κ2) is 8.37. The monoisotopic (exact) mass is 310 g/mol. The largest absolute Gasteiger partial charge is 0.376 e. The summed E-state index contributed by atoms with van der Waals surface area (Å²) >= 11 is 0. The van der Waals surface area contributed by atoms with Crippen molar-refractivity contribution in [3.63, 3.8) is 0 Å². The molecule has 0 bridgehead atoms. The van der Waals surface area contributed by atoms with Crippen LogP contribution in [0.15, 0.2) is 42.5 Å². The normalized spacial score (nSPS) is 10.4. The first-order valence-corrected chi connectivity index (χ1v) is 8.28. The van der Waals surface area contributed by atoms with Crippen LogP contribution in [0.5, 0.6) is 0 Å². The van der Waals surface area contributed by atoms with Gasteiger partial charge in [-0.1, -0.05) is 43.2 Å². The fourth-order valence-corrected chi connectivity index (χ4v) is 2.50. The molecule has 0 aromatic heterocycles. The summed E-state index contributed by atoms with van der Waals surface area (Å²) < 4.78 is 0. The number of carbonyl (C=O) groups is 1. The quantitative estimate of drug-likeness (QED) is 0.778. The first kappa shape index (κ1) is 17.1. The molecule has 0 saturated carbocycles. The predicted molar refractivity (Wildman–Crippen MR) is 98.1 cm³/mol. The molecule has 1 amide bonds. The Labute approximate surface area is 139 Å². The molecule has 2 aromatic rings. The van der Waals surface area contributed by atoms with E-state index < -0.39 is 0 Å². The summed E-state index contributed by atoms with van der Waals surface area (Å²) in [7, 11) is 0. The van der Waals surface area contributed by atoms with Crippen molar-refractivity contribution in [2.75, 3.05) is 17.2 Å². The highest BCUT2D eigenvalue weighted by molar-refractivity contribution is 5.94. The maximum absolute atomic E-state index is 12.1. The van der Waals surface area contributed by atoms with Crippen molar-refractivity contribution in [3.05, 3.63) is 59.2 Å². The third-order valence-corrected chi connectivity index (χ3v) is 3.88. The average Bonchev–Trinajstić information content (AvgIpc) is 2.54. The van der Waals surface area contributed by atoms with Gasteiger partial charge in [-0.25, -0.2) is 0 Å². The molecule has 3 nitrogen and oxygen atoms in total. The lowest BCUT2D eigenvalue weighted by Crippen LogP contribution is -2.22. The minimum absolute atomic E-state index is 0.0352. The highest BCUT2D eigenvalue weighted by Gasteiger charge is 2.05. The Morgan fingerprint density at radius 1 is 1.04 bits per heavy atom. The van der Waals surface area contributed by atoms with Gasteiger partial charge in [-0.2, -0.15) is 0 Å². The Morgan fingerprint density at radius 3 is 2.43 bits per heavy atom. The second-order valence-corrected chi connectivity index (χ2v) is 6.02. The topological polar surface area (TPSA) is 41.1 Å². The van der Waals surface area contributed by atoms with Crippen molar-refractivity contribution in [1.29, 1.82) is 0 Å². The van der Waals surface area contributed by atoms with Gasteiger partial charge >= 0.3 is 0 Å². The molecule has 0 aliphatic carbocycles. The maximum atomic E-state index is 12.1. The lowest BCUT2D eigenvalue weighted by atomic mass is 10.1. The molecule has 0 aliphatic rings. The van der Waals surface area contributed by atoms with Gasteiger partial charge in [0.05, 0.1) is 6.54 Å². The SMILES string of the molecule is CCCCc1ccc(NCC(=O)Nc2ccc(C)cc2C)cc1. The molecular weight excluding hydrogens is 284 g/mol. The summed E-state index contributed by atoms with van der Waals surface area (Å²) in [6.45, 7) is 6.52. The molecule has 0 saturated heterocycles. The van der Waals surface area contributed by atoms with Crippen LogP contribution in [-0.4, -0.2) is 12.5 Å². The van der Waals surface area contributed by atoms with Gasteiger partial charge in [0.1, 0.15) is 0 Å². The first-order valence-electron chi connectivity index (χ1n) is 8.28. The fourth-order valence-electron chi connectivity index (χ4n) is 2.50. The Balaban J connectivity index is 1.84. The summed E-state index contributed by atoms with van der Waals surface area (Å²) in [5, 5.41) is 6.11. The molecule has 0 radical (unpaired) electrons. The number of nitrogens with one attached hydrogen (secondary N) is 2. The standard InChI is InChI=1S/C20H26N2O/c1-4-5-6-17-8-10-18(11-9-17)21-14-20(23)22-19-12-7-15(2)13-16(19)3/h7-13,21H,4-6,14H2,1-3H3,(H,22,23). The van der Waals surface area contributed by atoms with Crippen molar-refractivity contribution in [2.45, 2.75) is 40.0 Å². The third kappa shape index (κ3) is 5.44. The minimum Gasteiger partial charge on any atom is -0.376 e. The Morgan fingerprint density at radius 2 is 1.78 bits per heavy atom. The van der Waals surface area contributed by atoms with Crippen LogP contribution in [0.2, 0.25) is 0 Å². The zero-order valence-electron chi connectivity index (χ0n) is 14.3. The second-order valence-electron chi connectivity index (χ2n) is 6.02. The summed E-state index contributed by atoms with van der Waals surface area (Å²) in [5.74, 6) is -0.0352. The number of amides is 1. The fraction of sp³-hybridized carbons (Fsp3) is 0.350. The number of rotatable bonds is 7. The van der Waals surface area contributed by atoms with Gasteiger partial charge in [-0.05, 0) is 56.0 Å². The number of anilines is 2. The van der Waals surface area contributed by atoms with Gasteiger partial charge in [0, 0.05) is 11.4 Å². The molecule has 0 spiro atoms. The van der Waals surface area contributed by atoms with E-state index in [1.807, 2.05) is 38.1 Å². The number of benzene rings is 2. The van der Waals surface area contributed by atoms with E-state index in [0.29, 0.717) is 0 Å². The van der Waals surface area contributed by atoms with Crippen molar-refractivity contribution in [3.8, 4) is 0 Å².